The van der Waals surface area contributed by atoms with Crippen LogP contribution in [0.5, 0.6) is 0 Å². The summed E-state index contributed by atoms with van der Waals surface area (Å²) in [4.78, 5) is 36.0. The van der Waals surface area contributed by atoms with E-state index in [2.05, 4.69) is 5.43 Å². The molecule has 0 spiro atoms. The third kappa shape index (κ3) is 3.89. The average molecular weight is 382 g/mol. The van der Waals surface area contributed by atoms with E-state index < -0.39 is 5.91 Å². The van der Waals surface area contributed by atoms with Crippen LogP contribution in [0.15, 0.2) is 53.4 Å². The van der Waals surface area contributed by atoms with Crippen LogP contribution >= 0.6 is 24.0 Å². The van der Waals surface area contributed by atoms with Gasteiger partial charge in [0.15, 0.2) is 4.32 Å². The fourth-order valence-electron chi connectivity index (χ4n) is 2.34. The quantitative estimate of drug-likeness (QED) is 0.499. The lowest BCUT2D eigenvalue weighted by atomic mass is 10.1. The second-order valence-electron chi connectivity index (χ2n) is 5.61. The highest BCUT2D eigenvalue weighted by molar-refractivity contribution is 8.26. The molecule has 1 aliphatic rings. The maximum absolute atomic E-state index is 12.6. The monoisotopic (exact) mass is 382 g/mol. The van der Waals surface area contributed by atoms with Crippen molar-refractivity contribution >= 4 is 52.5 Å². The molecule has 2 aromatic rings. The Bertz CT molecular complexity index is 936. The van der Waals surface area contributed by atoms with Crippen LogP contribution in [-0.2, 0) is 4.79 Å². The van der Waals surface area contributed by atoms with Crippen molar-refractivity contribution in [2.75, 3.05) is 0 Å². The largest absolute Gasteiger partial charge is 0.298 e. The molecule has 1 saturated heterocycles. The van der Waals surface area contributed by atoms with Crippen LogP contribution in [0.4, 0.5) is 0 Å². The van der Waals surface area contributed by atoms with Gasteiger partial charge < -0.3 is 0 Å². The number of nitrogens with one attached hydrogen (secondary N) is 1. The lowest BCUT2D eigenvalue weighted by Crippen LogP contribution is -2.44. The van der Waals surface area contributed by atoms with Gasteiger partial charge in [0, 0.05) is 11.1 Å². The van der Waals surface area contributed by atoms with Crippen LogP contribution in [0.1, 0.15) is 31.8 Å². The van der Waals surface area contributed by atoms with Crippen molar-refractivity contribution in [3.63, 3.8) is 0 Å². The molecule has 7 heteroatoms. The van der Waals surface area contributed by atoms with E-state index in [1.807, 2.05) is 13.0 Å². The van der Waals surface area contributed by atoms with Crippen molar-refractivity contribution in [1.29, 1.82) is 0 Å². The predicted molar refractivity (Wildman–Crippen MR) is 105 cm³/mol. The highest BCUT2D eigenvalue weighted by Gasteiger charge is 2.33. The fourth-order valence-corrected chi connectivity index (χ4v) is 3.52. The molecule has 1 aliphatic heterocycles. The number of carbonyl (C=O) groups is 3. The number of carbonyl (C=O) groups excluding carboxylic acids is 3. The number of hydrogen-bond acceptors (Lipinski definition) is 5. The third-order valence-electron chi connectivity index (χ3n) is 3.66. The molecule has 0 atom stereocenters. The molecule has 2 aromatic carbocycles. The molecule has 0 aliphatic carbocycles. The van der Waals surface area contributed by atoms with Crippen LogP contribution in [0.2, 0.25) is 0 Å². The summed E-state index contributed by atoms with van der Waals surface area (Å²) >= 11 is 6.32. The Labute approximate surface area is 160 Å². The second-order valence-corrected chi connectivity index (χ2v) is 7.29. The normalized spacial score (nSPS) is 15.4. The summed E-state index contributed by atoms with van der Waals surface area (Å²) in [5, 5.41) is 1.08. The van der Waals surface area contributed by atoms with E-state index in [4.69, 9.17) is 12.2 Å². The number of hydrazine groups is 1. The number of rotatable bonds is 4. The Kier molecular flexibility index (Phi) is 5.29. The zero-order chi connectivity index (χ0) is 18.7. The predicted octanol–water partition coefficient (Wildman–Crippen LogP) is 3.35. The molecular formula is C19H14N2O3S2. The Morgan fingerprint density at radius 2 is 1.85 bits per heavy atom. The molecule has 3 rings (SSSR count). The molecule has 0 radical (unpaired) electrons. The highest BCUT2D eigenvalue weighted by atomic mass is 32.2. The van der Waals surface area contributed by atoms with Crippen LogP contribution in [0.25, 0.3) is 6.08 Å². The van der Waals surface area contributed by atoms with E-state index in [0.29, 0.717) is 16.0 Å². The van der Waals surface area contributed by atoms with Crippen molar-refractivity contribution in [3.8, 4) is 0 Å². The molecule has 1 N–H and O–H groups in total. The fraction of sp³-hybridized carbons (Fsp3) is 0.0526. The van der Waals surface area contributed by atoms with E-state index in [1.165, 1.54) is 0 Å². The number of thiocarbonyl (C=S) groups is 1. The first-order valence-corrected chi connectivity index (χ1v) is 8.91. The van der Waals surface area contributed by atoms with Crippen molar-refractivity contribution in [1.82, 2.24) is 10.4 Å². The van der Waals surface area contributed by atoms with Gasteiger partial charge in [-0.2, -0.15) is 5.01 Å². The minimum Gasteiger partial charge on any atom is -0.298 e. The molecule has 1 fully saturated rings. The van der Waals surface area contributed by atoms with Crippen LogP contribution in [-0.4, -0.2) is 27.4 Å². The van der Waals surface area contributed by atoms with E-state index in [9.17, 15) is 14.4 Å². The van der Waals surface area contributed by atoms with Gasteiger partial charge >= 0.3 is 0 Å². The summed E-state index contributed by atoms with van der Waals surface area (Å²) in [6.45, 7) is 1.88. The summed E-state index contributed by atoms with van der Waals surface area (Å²) in [6.07, 6.45) is 2.43. The first-order chi connectivity index (χ1) is 12.5. The first-order valence-electron chi connectivity index (χ1n) is 7.69. The summed E-state index contributed by atoms with van der Waals surface area (Å²) in [7, 11) is 0. The number of hydrogen-bond donors (Lipinski definition) is 1. The van der Waals surface area contributed by atoms with Crippen LogP contribution in [0.3, 0.4) is 0 Å². The van der Waals surface area contributed by atoms with Crippen LogP contribution < -0.4 is 5.43 Å². The lowest BCUT2D eigenvalue weighted by Gasteiger charge is -2.15. The molecule has 130 valence electrons. The minimum absolute atomic E-state index is 0.256. The van der Waals surface area contributed by atoms with Gasteiger partial charge in [0.05, 0.1) is 4.91 Å². The number of aryl methyl sites for hydroxylation is 1. The maximum atomic E-state index is 12.6. The van der Waals surface area contributed by atoms with Gasteiger partial charge in [-0.1, -0.05) is 53.7 Å². The molecule has 5 nitrogen and oxygen atoms in total. The number of thioether (sulfide) groups is 1. The van der Waals surface area contributed by atoms with Crippen molar-refractivity contribution < 1.29 is 14.4 Å². The number of nitrogens with zero attached hydrogens (tertiary/aromatic N) is 1. The Hall–Kier alpha value is -2.77. The number of aldehydes is 1. The molecule has 0 unspecified atom stereocenters. The van der Waals surface area contributed by atoms with E-state index in [1.54, 1.807) is 48.5 Å². The third-order valence-corrected chi connectivity index (χ3v) is 4.96. The van der Waals surface area contributed by atoms with Crippen molar-refractivity contribution in [2.45, 2.75) is 6.92 Å². The molecule has 0 aromatic heterocycles. The van der Waals surface area contributed by atoms with Gasteiger partial charge in [0.2, 0.25) is 0 Å². The molecule has 26 heavy (non-hydrogen) atoms. The van der Waals surface area contributed by atoms with Gasteiger partial charge in [0.1, 0.15) is 6.29 Å². The average Bonchev–Trinajstić information content (AvgIpc) is 2.89. The van der Waals surface area contributed by atoms with Crippen molar-refractivity contribution in [2.24, 2.45) is 0 Å². The first kappa shape index (κ1) is 18.0. The smallest absolute Gasteiger partial charge is 0.285 e. The Morgan fingerprint density at radius 3 is 2.50 bits per heavy atom. The van der Waals surface area contributed by atoms with Crippen molar-refractivity contribution in [3.05, 3.63) is 75.7 Å². The Balaban J connectivity index is 1.76. The summed E-state index contributed by atoms with van der Waals surface area (Å²) in [6, 6.07) is 13.9. The molecular weight excluding hydrogens is 368 g/mol. The van der Waals surface area contributed by atoms with Crippen LogP contribution in [0, 0.1) is 6.92 Å². The highest BCUT2D eigenvalue weighted by Crippen LogP contribution is 2.31. The lowest BCUT2D eigenvalue weighted by molar-refractivity contribution is -0.123. The van der Waals surface area contributed by atoms with Gasteiger partial charge in [-0.3, -0.25) is 19.8 Å². The number of amides is 2. The van der Waals surface area contributed by atoms with Gasteiger partial charge in [-0.15, -0.1) is 0 Å². The summed E-state index contributed by atoms with van der Waals surface area (Å²) in [5.74, 6) is -0.790. The zero-order valence-electron chi connectivity index (χ0n) is 13.8. The number of benzene rings is 2. The topological polar surface area (TPSA) is 66.5 Å². The van der Waals surface area contributed by atoms with E-state index in [-0.39, 0.29) is 10.2 Å². The minimum atomic E-state index is -0.401. The molecule has 2 amide bonds. The molecule has 0 bridgehead atoms. The summed E-state index contributed by atoms with van der Waals surface area (Å²) in [5.41, 5.74) is 5.27. The van der Waals surface area contributed by atoms with E-state index >= 15 is 0 Å². The Morgan fingerprint density at radius 1 is 1.15 bits per heavy atom. The maximum Gasteiger partial charge on any atom is 0.285 e. The molecule has 0 saturated carbocycles. The SMILES string of the molecule is Cc1cccc(C(=O)NN2C(=O)C(=Cc3ccc(C=O)cc3)SC2=S)c1. The zero-order valence-corrected chi connectivity index (χ0v) is 15.4. The standard InChI is InChI=1S/C19H14N2O3S2/c1-12-3-2-4-15(9-12)17(23)20-21-18(24)16(26-19(21)25)10-13-5-7-14(11-22)8-6-13/h2-11H,1H3,(H,20,23). The van der Waals surface area contributed by atoms with Gasteiger partial charge in [-0.25, -0.2) is 0 Å². The molecule has 1 heterocycles. The second kappa shape index (κ2) is 7.63. The summed E-state index contributed by atoms with van der Waals surface area (Å²) < 4.78 is 0.256. The van der Waals surface area contributed by atoms with Gasteiger partial charge in [0.25, 0.3) is 11.8 Å². The van der Waals surface area contributed by atoms with Gasteiger partial charge in [-0.05, 0) is 42.9 Å². The van der Waals surface area contributed by atoms with E-state index in [0.717, 1.165) is 34.2 Å².